The number of fused-ring (bicyclic) bond motifs is 1. The molecule has 3 rings (SSSR count). The fourth-order valence-corrected chi connectivity index (χ4v) is 3.13. The van der Waals surface area contributed by atoms with Gasteiger partial charge in [0.2, 0.25) is 5.43 Å². The molecule has 26 heavy (non-hydrogen) atoms. The van der Waals surface area contributed by atoms with Gasteiger partial charge >= 0.3 is 5.97 Å². The number of hydrogen-bond donors (Lipinski definition) is 0. The van der Waals surface area contributed by atoms with Crippen molar-refractivity contribution >= 4 is 16.9 Å². The van der Waals surface area contributed by atoms with Crippen LogP contribution in [-0.4, -0.2) is 54.9 Å². The Bertz CT molecular complexity index is 872. The van der Waals surface area contributed by atoms with Gasteiger partial charge in [0.15, 0.2) is 0 Å². The molecular formula is C19H23FN2O4. The summed E-state index contributed by atoms with van der Waals surface area (Å²) in [4.78, 5) is 27.1. The summed E-state index contributed by atoms with van der Waals surface area (Å²) in [7, 11) is 0. The summed E-state index contributed by atoms with van der Waals surface area (Å²) in [5.74, 6) is -1.03. The quantitative estimate of drug-likeness (QED) is 0.761. The summed E-state index contributed by atoms with van der Waals surface area (Å²) >= 11 is 0. The van der Waals surface area contributed by atoms with Gasteiger partial charge in [0, 0.05) is 37.8 Å². The zero-order chi connectivity index (χ0) is 18.7. The van der Waals surface area contributed by atoms with Crippen LogP contribution in [0.2, 0.25) is 0 Å². The summed E-state index contributed by atoms with van der Waals surface area (Å²) in [5, 5.41) is 0.330. The van der Waals surface area contributed by atoms with Gasteiger partial charge in [-0.1, -0.05) is 0 Å². The van der Waals surface area contributed by atoms with Gasteiger partial charge in [-0.15, -0.1) is 0 Å². The van der Waals surface area contributed by atoms with Crippen molar-refractivity contribution in [3.63, 3.8) is 0 Å². The fourth-order valence-electron chi connectivity index (χ4n) is 3.13. The van der Waals surface area contributed by atoms with Gasteiger partial charge < -0.3 is 14.0 Å². The van der Waals surface area contributed by atoms with Crippen molar-refractivity contribution in [3.05, 3.63) is 45.5 Å². The van der Waals surface area contributed by atoms with Crippen LogP contribution in [0.3, 0.4) is 0 Å². The average Bonchev–Trinajstić information content (AvgIpc) is 2.64. The lowest BCUT2D eigenvalue weighted by Gasteiger charge is -2.27. The molecule has 0 amide bonds. The summed E-state index contributed by atoms with van der Waals surface area (Å²) in [6, 6.07) is 2.86. The largest absolute Gasteiger partial charge is 0.462 e. The molecule has 0 saturated carbocycles. The zero-order valence-corrected chi connectivity index (χ0v) is 15.1. The normalized spacial score (nSPS) is 15.3. The monoisotopic (exact) mass is 362 g/mol. The van der Waals surface area contributed by atoms with E-state index in [1.807, 2.05) is 0 Å². The van der Waals surface area contributed by atoms with Crippen molar-refractivity contribution in [1.82, 2.24) is 9.47 Å². The van der Waals surface area contributed by atoms with Crippen LogP contribution >= 0.6 is 0 Å². The van der Waals surface area contributed by atoms with Gasteiger partial charge in [0.25, 0.3) is 0 Å². The molecule has 140 valence electrons. The standard InChI is InChI=1S/C19H23FN2O4/c1-3-26-19(24)15-12-22(5-4-21-6-8-25-9-7-21)17-11-16(20)13(2)10-14(17)18(15)23/h10-12H,3-9H2,1-2H3. The van der Waals surface area contributed by atoms with Crippen molar-refractivity contribution in [3.8, 4) is 0 Å². The van der Waals surface area contributed by atoms with Crippen molar-refractivity contribution in [2.45, 2.75) is 20.4 Å². The van der Waals surface area contributed by atoms with Crippen molar-refractivity contribution in [2.24, 2.45) is 0 Å². The first kappa shape index (κ1) is 18.5. The highest BCUT2D eigenvalue weighted by Crippen LogP contribution is 2.18. The molecule has 0 bridgehead atoms. The first-order valence-corrected chi connectivity index (χ1v) is 8.81. The highest BCUT2D eigenvalue weighted by Gasteiger charge is 2.18. The topological polar surface area (TPSA) is 60.8 Å². The fraction of sp³-hybridized carbons (Fsp3) is 0.474. The van der Waals surface area contributed by atoms with Gasteiger partial charge in [-0.25, -0.2) is 9.18 Å². The third-order valence-corrected chi connectivity index (χ3v) is 4.62. The minimum absolute atomic E-state index is 0.0210. The van der Waals surface area contributed by atoms with E-state index in [2.05, 4.69) is 4.90 Å². The van der Waals surface area contributed by atoms with Gasteiger partial charge in [0.05, 0.1) is 25.3 Å². The van der Waals surface area contributed by atoms with Crippen LogP contribution in [0.15, 0.2) is 23.1 Å². The Balaban J connectivity index is 2.03. The summed E-state index contributed by atoms with van der Waals surface area (Å²) in [5.41, 5.74) is 0.409. The van der Waals surface area contributed by atoms with Crippen LogP contribution in [0.5, 0.6) is 0 Å². The number of carbonyl (C=O) groups is 1. The molecule has 1 fully saturated rings. The number of carbonyl (C=O) groups excluding carboxylic acids is 1. The molecule has 0 spiro atoms. The van der Waals surface area contributed by atoms with E-state index >= 15 is 0 Å². The molecule has 0 atom stereocenters. The van der Waals surface area contributed by atoms with E-state index in [0.717, 1.165) is 19.6 Å². The molecule has 0 aliphatic carbocycles. The molecule has 1 aromatic heterocycles. The Labute approximate surface area is 151 Å². The van der Waals surface area contributed by atoms with Crippen LogP contribution in [-0.2, 0) is 16.0 Å². The number of aromatic nitrogens is 1. The van der Waals surface area contributed by atoms with Gasteiger partial charge in [0.1, 0.15) is 11.4 Å². The van der Waals surface area contributed by atoms with Crippen LogP contribution in [0.1, 0.15) is 22.8 Å². The minimum atomic E-state index is -0.651. The number of morpholine rings is 1. The summed E-state index contributed by atoms with van der Waals surface area (Å²) < 4.78 is 26.2. The molecule has 7 heteroatoms. The number of benzene rings is 1. The Hall–Kier alpha value is -2.25. The second-order valence-corrected chi connectivity index (χ2v) is 6.36. The number of rotatable bonds is 5. The van der Waals surface area contributed by atoms with Crippen LogP contribution in [0.25, 0.3) is 10.9 Å². The van der Waals surface area contributed by atoms with Crippen LogP contribution in [0.4, 0.5) is 4.39 Å². The molecule has 0 N–H and O–H groups in total. The molecule has 1 aliphatic heterocycles. The smallest absolute Gasteiger partial charge is 0.343 e. The lowest BCUT2D eigenvalue weighted by molar-refractivity contribution is 0.0365. The van der Waals surface area contributed by atoms with Crippen LogP contribution < -0.4 is 5.43 Å². The third kappa shape index (κ3) is 3.78. The molecule has 1 aromatic carbocycles. The number of ether oxygens (including phenoxy) is 2. The maximum absolute atomic E-state index is 14.1. The van der Waals surface area contributed by atoms with Crippen molar-refractivity contribution < 1.29 is 18.7 Å². The van der Waals surface area contributed by atoms with Crippen molar-refractivity contribution in [2.75, 3.05) is 39.5 Å². The van der Waals surface area contributed by atoms with E-state index < -0.39 is 11.4 Å². The molecule has 0 unspecified atom stereocenters. The molecule has 2 aromatic rings. The second-order valence-electron chi connectivity index (χ2n) is 6.36. The predicted octanol–water partition coefficient (Wildman–Crippen LogP) is 1.96. The summed E-state index contributed by atoms with van der Waals surface area (Å²) in [6.07, 6.45) is 1.48. The van der Waals surface area contributed by atoms with Crippen LogP contribution in [0, 0.1) is 12.7 Å². The lowest BCUT2D eigenvalue weighted by Crippen LogP contribution is -2.38. The number of halogens is 1. The predicted molar refractivity (Wildman–Crippen MR) is 96.1 cm³/mol. The molecule has 0 radical (unpaired) electrons. The lowest BCUT2D eigenvalue weighted by atomic mass is 10.1. The van der Waals surface area contributed by atoms with E-state index in [1.54, 1.807) is 18.4 Å². The van der Waals surface area contributed by atoms with E-state index in [0.29, 0.717) is 36.2 Å². The highest BCUT2D eigenvalue weighted by molar-refractivity contribution is 5.94. The van der Waals surface area contributed by atoms with E-state index in [4.69, 9.17) is 9.47 Å². The third-order valence-electron chi connectivity index (χ3n) is 4.62. The molecule has 1 aliphatic rings. The van der Waals surface area contributed by atoms with Gasteiger partial charge in [-0.05, 0) is 31.5 Å². The Kier molecular flexibility index (Phi) is 5.68. The van der Waals surface area contributed by atoms with E-state index in [1.165, 1.54) is 18.3 Å². The van der Waals surface area contributed by atoms with Gasteiger partial charge in [-0.3, -0.25) is 9.69 Å². The Morgan fingerprint density at radius 1 is 1.27 bits per heavy atom. The summed E-state index contributed by atoms with van der Waals surface area (Å²) in [6.45, 7) is 7.77. The molecule has 2 heterocycles. The van der Waals surface area contributed by atoms with Gasteiger partial charge in [-0.2, -0.15) is 0 Å². The minimum Gasteiger partial charge on any atom is -0.462 e. The first-order chi connectivity index (χ1) is 12.5. The number of pyridine rings is 1. The number of aryl methyl sites for hydroxylation is 1. The zero-order valence-electron chi connectivity index (χ0n) is 15.1. The molecule has 1 saturated heterocycles. The number of nitrogens with zero attached hydrogens (tertiary/aromatic N) is 2. The second kappa shape index (κ2) is 7.97. The van der Waals surface area contributed by atoms with Crippen molar-refractivity contribution in [1.29, 1.82) is 0 Å². The Morgan fingerprint density at radius 2 is 2.00 bits per heavy atom. The highest BCUT2D eigenvalue weighted by atomic mass is 19.1. The SMILES string of the molecule is CCOC(=O)c1cn(CCN2CCOCC2)c2cc(F)c(C)cc2c1=O. The maximum atomic E-state index is 14.1. The molecule has 6 nitrogen and oxygen atoms in total. The average molecular weight is 362 g/mol. The number of esters is 1. The van der Waals surface area contributed by atoms with E-state index in [-0.39, 0.29) is 18.0 Å². The maximum Gasteiger partial charge on any atom is 0.343 e. The Morgan fingerprint density at radius 3 is 2.69 bits per heavy atom. The number of hydrogen-bond acceptors (Lipinski definition) is 5. The van der Waals surface area contributed by atoms with E-state index in [9.17, 15) is 14.0 Å². The molecular weight excluding hydrogens is 339 g/mol. The first-order valence-electron chi connectivity index (χ1n) is 8.81.